The zero-order valence-electron chi connectivity index (χ0n) is 15.0. The molecular formula is C23H22O3. The lowest BCUT2D eigenvalue weighted by Gasteiger charge is -2.03. The molecule has 1 aromatic heterocycles. The standard InChI is InChI=1S/C23H22O3/c1-5-16(13-18(24)7-3)9-10-17(6-2)20(8-4)22-15-26-23-14-19(25)11-12-21(22)23/h5-6,8,11-15,24-25H,2,4,7H2,1,3H3/b16-5-,18-13+,20-17-. The van der Waals surface area contributed by atoms with Crippen LogP contribution in [-0.2, 0) is 0 Å². The Morgan fingerprint density at radius 1 is 1.23 bits per heavy atom. The van der Waals surface area contributed by atoms with E-state index in [0.29, 0.717) is 23.2 Å². The number of hydrogen-bond donors (Lipinski definition) is 2. The first-order valence-corrected chi connectivity index (χ1v) is 8.31. The average molecular weight is 346 g/mol. The van der Waals surface area contributed by atoms with Gasteiger partial charge in [0.2, 0.25) is 0 Å². The predicted octanol–water partition coefficient (Wildman–Crippen LogP) is 6.07. The van der Waals surface area contributed by atoms with Crippen molar-refractivity contribution < 1.29 is 14.6 Å². The molecule has 0 atom stereocenters. The fourth-order valence-electron chi connectivity index (χ4n) is 2.43. The summed E-state index contributed by atoms with van der Waals surface area (Å²) in [7, 11) is 0. The molecular weight excluding hydrogens is 324 g/mol. The molecule has 2 rings (SSSR count). The van der Waals surface area contributed by atoms with E-state index < -0.39 is 0 Å². The van der Waals surface area contributed by atoms with E-state index in [-0.39, 0.29) is 11.5 Å². The second kappa shape index (κ2) is 8.64. The summed E-state index contributed by atoms with van der Waals surface area (Å²) < 4.78 is 5.54. The van der Waals surface area contributed by atoms with Gasteiger partial charge in [-0.2, -0.15) is 0 Å². The van der Waals surface area contributed by atoms with Crippen molar-refractivity contribution in [3.05, 3.63) is 84.4 Å². The maximum absolute atomic E-state index is 9.70. The molecule has 3 heteroatoms. The van der Waals surface area contributed by atoms with Gasteiger partial charge < -0.3 is 14.6 Å². The summed E-state index contributed by atoms with van der Waals surface area (Å²) in [6, 6.07) is 4.97. The summed E-state index contributed by atoms with van der Waals surface area (Å²) >= 11 is 0. The van der Waals surface area contributed by atoms with Crippen LogP contribution < -0.4 is 0 Å². The molecule has 1 aromatic carbocycles. The minimum absolute atomic E-state index is 0.145. The molecule has 0 aliphatic carbocycles. The third-order valence-electron chi connectivity index (χ3n) is 3.88. The van der Waals surface area contributed by atoms with Gasteiger partial charge in [-0.15, -0.1) is 0 Å². The van der Waals surface area contributed by atoms with E-state index in [9.17, 15) is 10.2 Å². The van der Waals surface area contributed by atoms with Gasteiger partial charge >= 0.3 is 0 Å². The summed E-state index contributed by atoms with van der Waals surface area (Å²) in [6.45, 7) is 11.5. The first-order valence-electron chi connectivity index (χ1n) is 8.31. The fraction of sp³-hybridized carbons (Fsp3) is 0.130. The molecule has 0 saturated heterocycles. The predicted molar refractivity (Wildman–Crippen MR) is 108 cm³/mol. The number of aliphatic hydroxyl groups excluding tert-OH is 1. The summed E-state index contributed by atoms with van der Waals surface area (Å²) in [6.07, 6.45) is 9.03. The lowest BCUT2D eigenvalue weighted by molar-refractivity contribution is 0.394. The highest BCUT2D eigenvalue weighted by atomic mass is 16.3. The number of hydrogen-bond acceptors (Lipinski definition) is 3. The normalized spacial score (nSPS) is 13.0. The third kappa shape index (κ3) is 4.17. The average Bonchev–Trinajstić information content (AvgIpc) is 3.06. The van der Waals surface area contributed by atoms with Crippen molar-refractivity contribution in [2.45, 2.75) is 20.3 Å². The molecule has 0 aliphatic heterocycles. The van der Waals surface area contributed by atoms with E-state index in [1.54, 1.807) is 42.7 Å². The van der Waals surface area contributed by atoms with Crippen LogP contribution in [0.25, 0.3) is 16.5 Å². The fourth-order valence-corrected chi connectivity index (χ4v) is 2.43. The van der Waals surface area contributed by atoms with E-state index in [2.05, 4.69) is 25.0 Å². The van der Waals surface area contributed by atoms with Crippen molar-refractivity contribution in [2.24, 2.45) is 0 Å². The molecule has 2 aromatic rings. The molecule has 0 radical (unpaired) electrons. The lowest BCUT2D eigenvalue weighted by atomic mass is 9.99. The Morgan fingerprint density at radius 3 is 2.62 bits per heavy atom. The van der Waals surface area contributed by atoms with Gasteiger partial charge in [0.15, 0.2) is 0 Å². The van der Waals surface area contributed by atoms with Gasteiger partial charge in [-0.25, -0.2) is 0 Å². The Morgan fingerprint density at radius 2 is 2.00 bits per heavy atom. The van der Waals surface area contributed by atoms with Crippen LogP contribution in [0, 0.1) is 11.8 Å². The number of aromatic hydroxyl groups is 1. The highest BCUT2D eigenvalue weighted by Crippen LogP contribution is 2.32. The molecule has 26 heavy (non-hydrogen) atoms. The smallest absolute Gasteiger partial charge is 0.138 e. The summed E-state index contributed by atoms with van der Waals surface area (Å²) in [4.78, 5) is 0. The lowest BCUT2D eigenvalue weighted by Crippen LogP contribution is -1.85. The van der Waals surface area contributed by atoms with Gasteiger partial charge in [-0.1, -0.05) is 50.2 Å². The first-order chi connectivity index (χ1) is 12.5. The van der Waals surface area contributed by atoms with E-state index >= 15 is 0 Å². The Balaban J connectivity index is 2.56. The molecule has 0 aliphatic rings. The molecule has 2 N–H and O–H groups in total. The Labute approximate surface area is 154 Å². The summed E-state index contributed by atoms with van der Waals surface area (Å²) in [5.74, 6) is 6.56. The van der Waals surface area contributed by atoms with Gasteiger partial charge in [-0.05, 0) is 25.1 Å². The van der Waals surface area contributed by atoms with Crippen LogP contribution in [0.4, 0.5) is 0 Å². The van der Waals surface area contributed by atoms with Crippen molar-refractivity contribution in [3.63, 3.8) is 0 Å². The third-order valence-corrected chi connectivity index (χ3v) is 3.88. The Hall–Kier alpha value is -3.38. The number of rotatable bonds is 5. The number of phenolic OH excluding ortho intramolecular Hbond substituents is 1. The van der Waals surface area contributed by atoms with Crippen molar-refractivity contribution in [3.8, 4) is 17.6 Å². The van der Waals surface area contributed by atoms with Crippen LogP contribution in [-0.4, -0.2) is 10.2 Å². The molecule has 132 valence electrons. The van der Waals surface area contributed by atoms with Gasteiger partial charge in [0.25, 0.3) is 0 Å². The minimum atomic E-state index is 0.145. The molecule has 0 saturated carbocycles. The summed E-state index contributed by atoms with van der Waals surface area (Å²) in [5.41, 5.74) is 3.61. The van der Waals surface area contributed by atoms with Gasteiger partial charge in [-0.3, -0.25) is 0 Å². The second-order valence-electron chi connectivity index (χ2n) is 5.55. The van der Waals surface area contributed by atoms with Crippen LogP contribution in [0.3, 0.4) is 0 Å². The van der Waals surface area contributed by atoms with Crippen LogP contribution >= 0.6 is 0 Å². The van der Waals surface area contributed by atoms with Gasteiger partial charge in [0.1, 0.15) is 11.3 Å². The quantitative estimate of drug-likeness (QED) is 0.393. The van der Waals surface area contributed by atoms with Gasteiger partial charge in [0.05, 0.1) is 12.0 Å². The topological polar surface area (TPSA) is 53.6 Å². The Kier molecular flexibility index (Phi) is 6.30. The number of fused-ring (bicyclic) bond motifs is 1. The Bertz CT molecular complexity index is 985. The van der Waals surface area contributed by atoms with Crippen LogP contribution in [0.5, 0.6) is 5.75 Å². The molecule has 0 bridgehead atoms. The molecule has 0 amide bonds. The monoisotopic (exact) mass is 346 g/mol. The van der Waals surface area contributed by atoms with Crippen LogP contribution in [0.15, 0.2) is 83.2 Å². The van der Waals surface area contributed by atoms with Crippen molar-refractivity contribution >= 4 is 16.5 Å². The largest absolute Gasteiger partial charge is 0.512 e. The van der Waals surface area contributed by atoms with E-state index in [0.717, 1.165) is 16.5 Å². The minimum Gasteiger partial charge on any atom is -0.512 e. The highest BCUT2D eigenvalue weighted by molar-refractivity contribution is 5.96. The first kappa shape index (κ1) is 19.0. The van der Waals surface area contributed by atoms with Crippen molar-refractivity contribution in [2.75, 3.05) is 0 Å². The van der Waals surface area contributed by atoms with E-state index in [1.165, 1.54) is 0 Å². The number of furan rings is 1. The van der Waals surface area contributed by atoms with Crippen molar-refractivity contribution in [1.82, 2.24) is 0 Å². The molecule has 1 heterocycles. The molecule has 0 spiro atoms. The summed E-state index contributed by atoms with van der Waals surface area (Å²) in [5, 5.41) is 20.1. The highest BCUT2D eigenvalue weighted by Gasteiger charge is 2.11. The number of allylic oxidation sites excluding steroid dienone is 8. The molecule has 0 unspecified atom stereocenters. The van der Waals surface area contributed by atoms with Crippen LogP contribution in [0.2, 0.25) is 0 Å². The zero-order chi connectivity index (χ0) is 19.1. The maximum Gasteiger partial charge on any atom is 0.138 e. The SMILES string of the molecule is C=C/C(C#CC(=C/C)/C=C(/O)CC)=C(\C=C)c1coc2cc(O)ccc12. The maximum atomic E-state index is 9.70. The zero-order valence-corrected chi connectivity index (χ0v) is 15.0. The number of benzene rings is 1. The van der Waals surface area contributed by atoms with E-state index in [1.807, 2.05) is 19.9 Å². The van der Waals surface area contributed by atoms with Crippen LogP contribution in [0.1, 0.15) is 25.8 Å². The second-order valence-corrected chi connectivity index (χ2v) is 5.55. The van der Waals surface area contributed by atoms with E-state index in [4.69, 9.17) is 4.42 Å². The number of aliphatic hydroxyl groups is 1. The van der Waals surface area contributed by atoms with Crippen molar-refractivity contribution in [1.29, 1.82) is 0 Å². The molecule has 0 fully saturated rings. The number of phenols is 1. The molecule has 3 nitrogen and oxygen atoms in total. The van der Waals surface area contributed by atoms with Gasteiger partial charge in [0, 0.05) is 40.2 Å².